The Morgan fingerprint density at radius 1 is 1.12 bits per heavy atom. The molecule has 3 aromatic rings. The lowest BCUT2D eigenvalue weighted by Crippen LogP contribution is -2.37. The number of aromatic nitrogens is 2. The van der Waals surface area contributed by atoms with Gasteiger partial charge in [-0.05, 0) is 18.6 Å². The molecule has 1 amide bonds. The van der Waals surface area contributed by atoms with Crippen molar-refractivity contribution in [3.8, 4) is 0 Å². The largest absolute Gasteiger partial charge is 0.394 e. The van der Waals surface area contributed by atoms with Gasteiger partial charge in [-0.25, -0.2) is 4.68 Å². The normalized spacial score (nSPS) is 12.1. The lowest BCUT2D eigenvalue weighted by atomic mass is 10.1. The van der Waals surface area contributed by atoms with Crippen molar-refractivity contribution in [3.05, 3.63) is 76.2 Å². The molecule has 6 heteroatoms. The zero-order chi connectivity index (χ0) is 17.8. The van der Waals surface area contributed by atoms with Crippen molar-refractivity contribution in [2.75, 3.05) is 6.61 Å². The number of amides is 1. The molecule has 0 fully saturated rings. The molecule has 0 bridgehead atoms. The third-order valence-corrected chi connectivity index (χ3v) is 4.07. The number of aliphatic hydroxyl groups is 1. The Morgan fingerprint density at radius 2 is 1.76 bits per heavy atom. The van der Waals surface area contributed by atoms with E-state index in [0.29, 0.717) is 11.1 Å². The molecule has 0 aliphatic carbocycles. The van der Waals surface area contributed by atoms with E-state index in [0.717, 1.165) is 15.6 Å². The van der Waals surface area contributed by atoms with Crippen molar-refractivity contribution in [1.29, 1.82) is 0 Å². The van der Waals surface area contributed by atoms with E-state index in [4.69, 9.17) is 0 Å². The Balaban J connectivity index is 1.82. The molecule has 3 rings (SSSR count). The topological polar surface area (TPSA) is 84.2 Å². The summed E-state index contributed by atoms with van der Waals surface area (Å²) >= 11 is 0. The first-order valence-electron chi connectivity index (χ1n) is 8.02. The number of benzene rings is 2. The van der Waals surface area contributed by atoms with E-state index in [9.17, 15) is 14.7 Å². The number of hydrogen-bond donors (Lipinski definition) is 2. The van der Waals surface area contributed by atoms with Gasteiger partial charge in [0.15, 0.2) is 0 Å². The van der Waals surface area contributed by atoms with E-state index >= 15 is 0 Å². The number of nitrogens with zero attached hydrogens (tertiary/aromatic N) is 2. The van der Waals surface area contributed by atoms with Crippen LogP contribution in [-0.2, 0) is 11.3 Å². The van der Waals surface area contributed by atoms with Crippen LogP contribution >= 0.6 is 0 Å². The maximum atomic E-state index is 12.5. The molecular weight excluding hydrogens is 318 g/mol. The monoisotopic (exact) mass is 337 g/mol. The SMILES string of the molecule is Cc1nn(CC(=O)N[C@H](CO)c2ccccc2)c(=O)c2ccccc12. The first-order valence-corrected chi connectivity index (χ1v) is 8.02. The van der Waals surface area contributed by atoms with Crippen LogP contribution in [0.1, 0.15) is 17.3 Å². The number of hydrogen-bond acceptors (Lipinski definition) is 4. The van der Waals surface area contributed by atoms with E-state index in [1.165, 1.54) is 0 Å². The van der Waals surface area contributed by atoms with E-state index < -0.39 is 6.04 Å². The summed E-state index contributed by atoms with van der Waals surface area (Å²) in [5, 5.41) is 17.8. The fraction of sp³-hybridized carbons (Fsp3) is 0.211. The summed E-state index contributed by atoms with van der Waals surface area (Å²) in [5.41, 5.74) is 1.18. The molecule has 1 aromatic heterocycles. The van der Waals surface area contributed by atoms with Crippen LogP contribution in [0.5, 0.6) is 0 Å². The van der Waals surface area contributed by atoms with Crippen molar-refractivity contribution in [2.45, 2.75) is 19.5 Å². The highest BCUT2D eigenvalue weighted by atomic mass is 16.3. The van der Waals surface area contributed by atoms with Gasteiger partial charge in [-0.15, -0.1) is 0 Å². The van der Waals surface area contributed by atoms with E-state index in [1.54, 1.807) is 19.1 Å². The van der Waals surface area contributed by atoms with Crippen LogP contribution in [0.25, 0.3) is 10.8 Å². The smallest absolute Gasteiger partial charge is 0.275 e. The minimum Gasteiger partial charge on any atom is -0.394 e. The van der Waals surface area contributed by atoms with Gasteiger partial charge in [-0.1, -0.05) is 48.5 Å². The van der Waals surface area contributed by atoms with E-state index in [1.807, 2.05) is 42.5 Å². The van der Waals surface area contributed by atoms with Gasteiger partial charge in [0.1, 0.15) is 6.54 Å². The van der Waals surface area contributed by atoms with Crippen molar-refractivity contribution >= 4 is 16.7 Å². The Bertz CT molecular complexity index is 951. The zero-order valence-corrected chi connectivity index (χ0v) is 13.8. The Labute approximate surface area is 144 Å². The number of nitrogens with one attached hydrogen (secondary N) is 1. The standard InChI is InChI=1S/C19H19N3O3/c1-13-15-9-5-6-10-16(15)19(25)22(21-13)11-18(24)20-17(12-23)14-7-3-2-4-8-14/h2-10,17,23H,11-12H2,1H3,(H,20,24)/t17-/m1/s1. The molecule has 1 atom stereocenters. The first kappa shape index (κ1) is 16.9. The fourth-order valence-electron chi connectivity index (χ4n) is 2.81. The lowest BCUT2D eigenvalue weighted by molar-refractivity contribution is -0.123. The van der Waals surface area contributed by atoms with Crippen LogP contribution in [-0.4, -0.2) is 27.4 Å². The van der Waals surface area contributed by atoms with Crippen molar-refractivity contribution in [1.82, 2.24) is 15.1 Å². The van der Waals surface area contributed by atoms with E-state index in [-0.39, 0.29) is 24.6 Å². The van der Waals surface area contributed by atoms with Gasteiger partial charge in [0.2, 0.25) is 5.91 Å². The molecule has 0 aliphatic rings. The Morgan fingerprint density at radius 3 is 2.44 bits per heavy atom. The van der Waals surface area contributed by atoms with Crippen LogP contribution < -0.4 is 10.9 Å². The number of carbonyl (C=O) groups is 1. The average molecular weight is 337 g/mol. The van der Waals surface area contributed by atoms with Gasteiger partial charge in [0.25, 0.3) is 5.56 Å². The predicted molar refractivity (Wildman–Crippen MR) is 95.2 cm³/mol. The summed E-state index contributed by atoms with van der Waals surface area (Å²) in [7, 11) is 0. The highest BCUT2D eigenvalue weighted by Gasteiger charge is 2.15. The second-order valence-corrected chi connectivity index (χ2v) is 5.81. The van der Waals surface area contributed by atoms with Crippen LogP contribution in [0.2, 0.25) is 0 Å². The maximum Gasteiger partial charge on any atom is 0.275 e. The molecule has 0 radical (unpaired) electrons. The van der Waals surface area contributed by atoms with Gasteiger partial charge in [-0.3, -0.25) is 9.59 Å². The lowest BCUT2D eigenvalue weighted by Gasteiger charge is -2.17. The van der Waals surface area contributed by atoms with Gasteiger partial charge in [0.05, 0.1) is 23.7 Å². The quantitative estimate of drug-likeness (QED) is 0.740. The predicted octanol–water partition coefficient (Wildman–Crippen LogP) is 1.55. The highest BCUT2D eigenvalue weighted by Crippen LogP contribution is 2.13. The summed E-state index contributed by atoms with van der Waals surface area (Å²) in [5.74, 6) is -0.382. The molecule has 0 saturated carbocycles. The molecule has 6 nitrogen and oxygen atoms in total. The highest BCUT2D eigenvalue weighted by molar-refractivity contribution is 5.83. The number of fused-ring (bicyclic) bond motifs is 1. The number of aliphatic hydroxyl groups excluding tert-OH is 1. The molecule has 2 N–H and O–H groups in total. The Hall–Kier alpha value is -2.99. The minimum absolute atomic E-state index is 0.201. The van der Waals surface area contributed by atoms with Crippen molar-refractivity contribution in [3.63, 3.8) is 0 Å². The van der Waals surface area contributed by atoms with E-state index in [2.05, 4.69) is 10.4 Å². The summed E-state index contributed by atoms with van der Waals surface area (Å²) < 4.78 is 1.16. The van der Waals surface area contributed by atoms with Crippen molar-refractivity contribution < 1.29 is 9.90 Å². The molecule has 128 valence electrons. The number of rotatable bonds is 5. The zero-order valence-electron chi connectivity index (χ0n) is 13.8. The second kappa shape index (κ2) is 7.27. The van der Waals surface area contributed by atoms with Crippen LogP contribution in [0.3, 0.4) is 0 Å². The van der Waals surface area contributed by atoms with Crippen LogP contribution in [0.4, 0.5) is 0 Å². The van der Waals surface area contributed by atoms with Gasteiger partial charge < -0.3 is 10.4 Å². The third-order valence-electron chi connectivity index (χ3n) is 4.07. The molecule has 0 spiro atoms. The third kappa shape index (κ3) is 3.59. The summed E-state index contributed by atoms with van der Waals surface area (Å²) in [6.45, 7) is 1.37. The van der Waals surface area contributed by atoms with Crippen LogP contribution in [0.15, 0.2) is 59.4 Å². The number of aryl methyl sites for hydroxylation is 1. The molecule has 0 saturated heterocycles. The van der Waals surface area contributed by atoms with Crippen LogP contribution in [0, 0.1) is 6.92 Å². The fourth-order valence-corrected chi connectivity index (χ4v) is 2.81. The van der Waals surface area contributed by atoms with Gasteiger partial charge in [0, 0.05) is 5.39 Å². The summed E-state index contributed by atoms with van der Waals surface area (Å²) in [6, 6.07) is 15.8. The molecule has 2 aromatic carbocycles. The minimum atomic E-state index is -0.522. The summed E-state index contributed by atoms with van der Waals surface area (Å²) in [4.78, 5) is 24.8. The second-order valence-electron chi connectivity index (χ2n) is 5.81. The Kier molecular flexibility index (Phi) is 4.90. The van der Waals surface area contributed by atoms with Gasteiger partial charge in [-0.2, -0.15) is 5.10 Å². The summed E-state index contributed by atoms with van der Waals surface area (Å²) in [6.07, 6.45) is 0. The van der Waals surface area contributed by atoms with Gasteiger partial charge >= 0.3 is 0 Å². The average Bonchev–Trinajstić information content (AvgIpc) is 2.64. The number of carbonyl (C=O) groups excluding carboxylic acids is 1. The maximum absolute atomic E-state index is 12.5. The first-order chi connectivity index (χ1) is 12.1. The molecule has 1 heterocycles. The molecular formula is C19H19N3O3. The molecule has 25 heavy (non-hydrogen) atoms. The van der Waals surface area contributed by atoms with Crippen molar-refractivity contribution in [2.24, 2.45) is 0 Å². The molecule has 0 aliphatic heterocycles. The molecule has 0 unspecified atom stereocenters.